The molecule has 0 radical (unpaired) electrons. The first-order valence-electron chi connectivity index (χ1n) is 5.66. The van der Waals surface area contributed by atoms with Crippen LogP contribution in [0.25, 0.3) is 0 Å². The Morgan fingerprint density at radius 3 is 2.59 bits per heavy atom. The van der Waals surface area contributed by atoms with Crippen molar-refractivity contribution in [3.8, 4) is 0 Å². The quantitative estimate of drug-likeness (QED) is 0.426. The highest BCUT2D eigenvalue weighted by molar-refractivity contribution is 5.87. The van der Waals surface area contributed by atoms with Crippen LogP contribution in [0.1, 0.15) is 18.9 Å². The normalized spacial score (nSPS) is 11.6. The van der Waals surface area contributed by atoms with E-state index in [0.29, 0.717) is 5.57 Å². The molecule has 0 saturated heterocycles. The molecule has 17 heavy (non-hydrogen) atoms. The highest BCUT2D eigenvalue weighted by Crippen LogP contribution is 2.09. The Kier molecular flexibility index (Phi) is 5.21. The van der Waals surface area contributed by atoms with Crippen LogP contribution in [0.15, 0.2) is 55.1 Å². The SMILES string of the molecule is C=CC(CCc1ccccc1)OC(=O)C(=C)C. The highest BCUT2D eigenvalue weighted by Gasteiger charge is 2.11. The predicted molar refractivity (Wildman–Crippen MR) is 69.7 cm³/mol. The molecule has 1 aromatic carbocycles. The molecule has 0 aliphatic rings. The monoisotopic (exact) mass is 230 g/mol. The second-order valence-electron chi connectivity index (χ2n) is 3.98. The number of esters is 1. The summed E-state index contributed by atoms with van der Waals surface area (Å²) in [5.74, 6) is -0.358. The van der Waals surface area contributed by atoms with E-state index < -0.39 is 0 Å². The fraction of sp³-hybridized carbons (Fsp3) is 0.267. The molecular formula is C15H18O2. The zero-order valence-corrected chi connectivity index (χ0v) is 10.2. The Morgan fingerprint density at radius 2 is 2.06 bits per heavy atom. The molecule has 0 fully saturated rings. The van der Waals surface area contributed by atoms with Gasteiger partial charge in [0, 0.05) is 5.57 Å². The molecule has 0 amide bonds. The summed E-state index contributed by atoms with van der Waals surface area (Å²) in [6.45, 7) is 8.87. The maximum absolute atomic E-state index is 11.4. The van der Waals surface area contributed by atoms with E-state index in [1.807, 2.05) is 18.2 Å². The van der Waals surface area contributed by atoms with Gasteiger partial charge in [-0.15, -0.1) is 0 Å². The van der Waals surface area contributed by atoms with Gasteiger partial charge in [0.25, 0.3) is 0 Å². The van der Waals surface area contributed by atoms with Crippen molar-refractivity contribution in [2.75, 3.05) is 0 Å². The molecule has 0 aromatic heterocycles. The van der Waals surface area contributed by atoms with Gasteiger partial charge in [0.2, 0.25) is 0 Å². The zero-order chi connectivity index (χ0) is 12.7. The number of benzene rings is 1. The van der Waals surface area contributed by atoms with Gasteiger partial charge in [-0.3, -0.25) is 0 Å². The van der Waals surface area contributed by atoms with Crippen molar-refractivity contribution in [3.63, 3.8) is 0 Å². The molecule has 0 N–H and O–H groups in total. The molecule has 1 aromatic rings. The van der Waals surface area contributed by atoms with Gasteiger partial charge < -0.3 is 4.74 Å². The maximum atomic E-state index is 11.4. The fourth-order valence-corrected chi connectivity index (χ4v) is 1.42. The van der Waals surface area contributed by atoms with E-state index >= 15 is 0 Å². The van der Waals surface area contributed by atoms with Gasteiger partial charge in [0.1, 0.15) is 6.10 Å². The number of carbonyl (C=O) groups excluding carboxylic acids is 1. The first-order chi connectivity index (χ1) is 8.13. The van der Waals surface area contributed by atoms with E-state index in [2.05, 4.69) is 25.3 Å². The largest absolute Gasteiger partial charge is 0.455 e. The standard InChI is InChI=1S/C15H18O2/c1-4-14(17-15(16)12(2)3)11-10-13-8-6-5-7-9-13/h4-9,14H,1-2,10-11H2,3H3. The molecule has 1 rings (SSSR count). The fourth-order valence-electron chi connectivity index (χ4n) is 1.42. The van der Waals surface area contributed by atoms with Crippen LogP contribution in [0.3, 0.4) is 0 Å². The van der Waals surface area contributed by atoms with Gasteiger partial charge in [-0.1, -0.05) is 49.6 Å². The Morgan fingerprint density at radius 1 is 1.41 bits per heavy atom. The number of aryl methyl sites for hydroxylation is 1. The van der Waals surface area contributed by atoms with Crippen LogP contribution in [0.5, 0.6) is 0 Å². The van der Waals surface area contributed by atoms with Crippen molar-refractivity contribution >= 4 is 5.97 Å². The van der Waals surface area contributed by atoms with Gasteiger partial charge in [-0.05, 0) is 25.3 Å². The van der Waals surface area contributed by atoms with Gasteiger partial charge in [-0.25, -0.2) is 4.79 Å². The maximum Gasteiger partial charge on any atom is 0.333 e. The van der Waals surface area contributed by atoms with Crippen LogP contribution >= 0.6 is 0 Å². The molecule has 1 atom stereocenters. The van der Waals surface area contributed by atoms with Crippen LogP contribution < -0.4 is 0 Å². The van der Waals surface area contributed by atoms with Crippen LogP contribution in [-0.4, -0.2) is 12.1 Å². The number of rotatable bonds is 6. The molecular weight excluding hydrogens is 212 g/mol. The molecule has 0 heterocycles. The van der Waals surface area contributed by atoms with Crippen molar-refractivity contribution in [1.82, 2.24) is 0 Å². The summed E-state index contributed by atoms with van der Waals surface area (Å²) < 4.78 is 5.23. The minimum absolute atomic E-state index is 0.251. The van der Waals surface area contributed by atoms with E-state index in [1.165, 1.54) is 5.56 Å². The van der Waals surface area contributed by atoms with Crippen molar-refractivity contribution < 1.29 is 9.53 Å². The van der Waals surface area contributed by atoms with Crippen LogP contribution in [-0.2, 0) is 16.0 Å². The summed E-state index contributed by atoms with van der Waals surface area (Å²) in [6.07, 6.45) is 3.01. The third kappa shape index (κ3) is 4.68. The number of carbonyl (C=O) groups is 1. The minimum Gasteiger partial charge on any atom is -0.455 e. The molecule has 1 unspecified atom stereocenters. The average Bonchev–Trinajstić information content (AvgIpc) is 2.35. The third-order valence-corrected chi connectivity index (χ3v) is 2.43. The molecule has 2 heteroatoms. The van der Waals surface area contributed by atoms with Crippen LogP contribution in [0.4, 0.5) is 0 Å². The van der Waals surface area contributed by atoms with Crippen LogP contribution in [0.2, 0.25) is 0 Å². The zero-order valence-electron chi connectivity index (χ0n) is 10.2. The van der Waals surface area contributed by atoms with Crippen LogP contribution in [0, 0.1) is 0 Å². The average molecular weight is 230 g/mol. The van der Waals surface area contributed by atoms with E-state index in [9.17, 15) is 4.79 Å². The second-order valence-corrected chi connectivity index (χ2v) is 3.98. The van der Waals surface area contributed by atoms with E-state index in [-0.39, 0.29) is 12.1 Å². The Labute approximate surface area is 103 Å². The summed E-state index contributed by atoms with van der Waals surface area (Å²) in [5, 5.41) is 0. The Balaban J connectivity index is 2.45. The van der Waals surface area contributed by atoms with Crippen molar-refractivity contribution in [1.29, 1.82) is 0 Å². The lowest BCUT2D eigenvalue weighted by molar-refractivity contribution is -0.142. The van der Waals surface area contributed by atoms with Crippen molar-refractivity contribution in [3.05, 3.63) is 60.7 Å². The molecule has 0 aliphatic heterocycles. The summed E-state index contributed by atoms with van der Waals surface area (Å²) >= 11 is 0. The second kappa shape index (κ2) is 6.69. The van der Waals surface area contributed by atoms with Gasteiger partial charge in [0.05, 0.1) is 0 Å². The predicted octanol–water partition coefficient (Wildman–Crippen LogP) is 3.29. The minimum atomic E-state index is -0.358. The first-order valence-corrected chi connectivity index (χ1v) is 5.66. The summed E-state index contributed by atoms with van der Waals surface area (Å²) in [7, 11) is 0. The number of ether oxygens (including phenoxy) is 1. The smallest absolute Gasteiger partial charge is 0.333 e. The topological polar surface area (TPSA) is 26.3 Å². The molecule has 0 saturated carbocycles. The summed E-state index contributed by atoms with van der Waals surface area (Å²) in [4.78, 5) is 11.4. The molecule has 0 bridgehead atoms. The molecule has 0 spiro atoms. The summed E-state index contributed by atoms with van der Waals surface area (Å²) in [5.41, 5.74) is 1.64. The van der Waals surface area contributed by atoms with E-state index in [0.717, 1.165) is 12.8 Å². The third-order valence-electron chi connectivity index (χ3n) is 2.43. The lowest BCUT2D eigenvalue weighted by Crippen LogP contribution is -2.17. The first kappa shape index (κ1) is 13.2. The van der Waals surface area contributed by atoms with E-state index in [1.54, 1.807) is 13.0 Å². The Bertz CT molecular complexity index is 393. The van der Waals surface area contributed by atoms with E-state index in [4.69, 9.17) is 4.74 Å². The highest BCUT2D eigenvalue weighted by atomic mass is 16.5. The van der Waals surface area contributed by atoms with Crippen molar-refractivity contribution in [2.45, 2.75) is 25.9 Å². The van der Waals surface area contributed by atoms with Gasteiger partial charge in [-0.2, -0.15) is 0 Å². The molecule has 2 nitrogen and oxygen atoms in total. The van der Waals surface area contributed by atoms with Crippen molar-refractivity contribution in [2.24, 2.45) is 0 Å². The lowest BCUT2D eigenvalue weighted by Gasteiger charge is -2.13. The number of hydrogen-bond acceptors (Lipinski definition) is 2. The summed E-state index contributed by atoms with van der Waals surface area (Å²) in [6, 6.07) is 10.1. The lowest BCUT2D eigenvalue weighted by atomic mass is 10.1. The molecule has 0 aliphatic carbocycles. The molecule has 90 valence electrons. The number of hydrogen-bond donors (Lipinski definition) is 0. The van der Waals surface area contributed by atoms with Gasteiger partial charge >= 0.3 is 5.97 Å². The Hall–Kier alpha value is -1.83. The van der Waals surface area contributed by atoms with Gasteiger partial charge in [0.15, 0.2) is 0 Å².